The zero-order valence-corrected chi connectivity index (χ0v) is 8.97. The van der Waals surface area contributed by atoms with Crippen molar-refractivity contribution in [2.24, 2.45) is 5.73 Å². The maximum atomic E-state index is 11.2. The van der Waals surface area contributed by atoms with Gasteiger partial charge in [0.05, 0.1) is 6.42 Å². The molecule has 16 heavy (non-hydrogen) atoms. The molecule has 0 aliphatic heterocycles. The van der Waals surface area contributed by atoms with Crippen molar-refractivity contribution in [3.8, 4) is 0 Å². The zero-order chi connectivity index (χ0) is 12.7. The zero-order valence-electron chi connectivity index (χ0n) is 8.97. The van der Waals surface area contributed by atoms with Crippen molar-refractivity contribution in [3.05, 3.63) is 0 Å². The van der Waals surface area contributed by atoms with E-state index >= 15 is 0 Å². The summed E-state index contributed by atoms with van der Waals surface area (Å²) in [6.45, 7) is 1.65. The summed E-state index contributed by atoms with van der Waals surface area (Å²) in [6, 6.07) is -1.55. The lowest BCUT2D eigenvalue weighted by atomic mass is 10.1. The molecule has 92 valence electrons. The van der Waals surface area contributed by atoms with Crippen LogP contribution in [0.15, 0.2) is 0 Å². The predicted octanol–water partition coefficient (Wildman–Crippen LogP) is -0.842. The van der Waals surface area contributed by atoms with E-state index in [4.69, 9.17) is 15.9 Å². The molecular weight excluding hydrogens is 216 g/mol. The minimum absolute atomic E-state index is 0.0492. The Kier molecular flexibility index (Phi) is 6.09. The molecule has 0 aromatic carbocycles. The summed E-state index contributed by atoms with van der Waals surface area (Å²) in [6.07, 6.45) is -0.0669. The largest absolute Gasteiger partial charge is 0.481 e. The summed E-state index contributed by atoms with van der Waals surface area (Å²) < 4.78 is 0. The Bertz CT molecular complexity index is 279. The van der Waals surface area contributed by atoms with Crippen molar-refractivity contribution < 1.29 is 24.6 Å². The molecule has 0 aliphatic rings. The number of carboxylic acid groups (broad SMARTS) is 2. The molecule has 0 saturated heterocycles. The van der Waals surface area contributed by atoms with Gasteiger partial charge in [0.2, 0.25) is 5.91 Å². The molecule has 5 N–H and O–H groups in total. The Morgan fingerprint density at radius 1 is 1.31 bits per heavy atom. The van der Waals surface area contributed by atoms with E-state index in [-0.39, 0.29) is 18.9 Å². The fraction of sp³-hybridized carbons (Fsp3) is 0.667. The van der Waals surface area contributed by atoms with Gasteiger partial charge >= 0.3 is 11.9 Å². The Morgan fingerprint density at radius 3 is 2.31 bits per heavy atom. The van der Waals surface area contributed by atoms with Crippen LogP contribution < -0.4 is 11.1 Å². The van der Waals surface area contributed by atoms with Crippen LogP contribution >= 0.6 is 0 Å². The minimum atomic E-state index is -1.24. The van der Waals surface area contributed by atoms with Crippen molar-refractivity contribution in [2.45, 2.75) is 38.3 Å². The highest BCUT2D eigenvalue weighted by atomic mass is 16.4. The van der Waals surface area contributed by atoms with Gasteiger partial charge in [-0.15, -0.1) is 0 Å². The number of carboxylic acids is 2. The van der Waals surface area contributed by atoms with Gasteiger partial charge in [0, 0.05) is 12.5 Å². The molecule has 7 heteroatoms. The highest BCUT2D eigenvalue weighted by molar-refractivity contribution is 5.84. The molecule has 0 radical (unpaired) electrons. The van der Waals surface area contributed by atoms with Gasteiger partial charge in [-0.05, 0) is 13.3 Å². The van der Waals surface area contributed by atoms with E-state index in [1.807, 2.05) is 0 Å². The van der Waals surface area contributed by atoms with Crippen LogP contribution in [0.3, 0.4) is 0 Å². The van der Waals surface area contributed by atoms with Crippen LogP contribution in [0.2, 0.25) is 0 Å². The molecule has 7 nitrogen and oxygen atoms in total. The number of aliphatic carboxylic acids is 2. The third-order valence-electron chi connectivity index (χ3n) is 1.92. The normalized spacial score (nSPS) is 13.9. The molecule has 0 saturated carbocycles. The third-order valence-corrected chi connectivity index (χ3v) is 1.92. The van der Waals surface area contributed by atoms with Crippen molar-refractivity contribution in [1.82, 2.24) is 5.32 Å². The van der Waals surface area contributed by atoms with Crippen LogP contribution in [-0.4, -0.2) is 40.1 Å². The van der Waals surface area contributed by atoms with Crippen LogP contribution in [0.1, 0.15) is 26.2 Å². The molecule has 2 atom stereocenters. The average Bonchev–Trinajstić information content (AvgIpc) is 2.14. The lowest BCUT2D eigenvalue weighted by molar-refractivity contribution is -0.140. The van der Waals surface area contributed by atoms with Crippen molar-refractivity contribution in [1.29, 1.82) is 0 Å². The molecule has 0 aromatic heterocycles. The summed E-state index contributed by atoms with van der Waals surface area (Å²) in [7, 11) is 0. The second-order valence-corrected chi connectivity index (χ2v) is 3.55. The summed E-state index contributed by atoms with van der Waals surface area (Å²) in [4.78, 5) is 31.8. The van der Waals surface area contributed by atoms with Gasteiger partial charge < -0.3 is 21.3 Å². The maximum Gasteiger partial charge on any atom is 0.321 e. The Morgan fingerprint density at radius 2 is 1.88 bits per heavy atom. The fourth-order valence-corrected chi connectivity index (χ4v) is 1.03. The van der Waals surface area contributed by atoms with Gasteiger partial charge in [-0.25, -0.2) is 0 Å². The number of nitrogens with two attached hydrogens (primary N) is 1. The average molecular weight is 232 g/mol. The predicted molar refractivity (Wildman–Crippen MR) is 54.7 cm³/mol. The van der Waals surface area contributed by atoms with Crippen molar-refractivity contribution in [2.75, 3.05) is 0 Å². The van der Waals surface area contributed by atoms with Crippen LogP contribution in [0.5, 0.6) is 0 Å². The first kappa shape index (κ1) is 14.4. The van der Waals surface area contributed by atoms with E-state index < -0.39 is 23.9 Å². The molecule has 0 aliphatic carbocycles. The molecule has 1 unspecified atom stereocenters. The topological polar surface area (TPSA) is 130 Å². The first-order valence-electron chi connectivity index (χ1n) is 4.82. The lowest BCUT2D eigenvalue weighted by Crippen LogP contribution is -2.40. The lowest BCUT2D eigenvalue weighted by Gasteiger charge is -2.13. The summed E-state index contributed by atoms with van der Waals surface area (Å²) in [5.41, 5.74) is 5.16. The van der Waals surface area contributed by atoms with Crippen LogP contribution in [-0.2, 0) is 14.4 Å². The van der Waals surface area contributed by atoms with E-state index in [9.17, 15) is 14.4 Å². The van der Waals surface area contributed by atoms with E-state index in [1.54, 1.807) is 6.92 Å². The first-order chi connectivity index (χ1) is 7.32. The molecular formula is C9H16N2O5. The van der Waals surface area contributed by atoms with Crippen LogP contribution in [0.4, 0.5) is 0 Å². The second kappa shape index (κ2) is 6.78. The van der Waals surface area contributed by atoms with Crippen molar-refractivity contribution in [3.63, 3.8) is 0 Å². The van der Waals surface area contributed by atoms with Gasteiger partial charge in [0.25, 0.3) is 0 Å². The number of rotatable bonds is 7. The maximum absolute atomic E-state index is 11.2. The Balaban J connectivity index is 3.86. The quantitative estimate of drug-likeness (QED) is 0.452. The van der Waals surface area contributed by atoms with Gasteiger partial charge in [-0.3, -0.25) is 14.4 Å². The number of amides is 1. The number of hydrogen-bond acceptors (Lipinski definition) is 4. The summed E-state index contributed by atoms with van der Waals surface area (Å²) >= 11 is 0. The minimum Gasteiger partial charge on any atom is -0.481 e. The van der Waals surface area contributed by atoms with Gasteiger partial charge in [-0.2, -0.15) is 0 Å². The smallest absolute Gasteiger partial charge is 0.321 e. The van der Waals surface area contributed by atoms with Gasteiger partial charge in [-0.1, -0.05) is 0 Å². The van der Waals surface area contributed by atoms with E-state index in [1.165, 1.54) is 0 Å². The first-order valence-corrected chi connectivity index (χ1v) is 4.82. The van der Waals surface area contributed by atoms with Crippen molar-refractivity contribution >= 4 is 17.8 Å². The molecule has 1 amide bonds. The molecule has 0 spiro atoms. The van der Waals surface area contributed by atoms with Crippen LogP contribution in [0, 0.1) is 0 Å². The number of carbonyl (C=O) groups is 3. The van der Waals surface area contributed by atoms with Gasteiger partial charge in [0.1, 0.15) is 6.04 Å². The highest BCUT2D eigenvalue weighted by Gasteiger charge is 2.17. The third kappa shape index (κ3) is 6.77. The molecule has 0 fully saturated rings. The molecule has 0 rings (SSSR count). The van der Waals surface area contributed by atoms with Gasteiger partial charge in [0.15, 0.2) is 0 Å². The summed E-state index contributed by atoms with van der Waals surface area (Å²) in [5, 5.41) is 19.3. The van der Waals surface area contributed by atoms with E-state index in [2.05, 4.69) is 5.32 Å². The van der Waals surface area contributed by atoms with E-state index in [0.29, 0.717) is 6.42 Å². The molecule has 0 bridgehead atoms. The number of hydrogen-bond donors (Lipinski definition) is 4. The summed E-state index contributed by atoms with van der Waals surface area (Å²) in [5.74, 6) is -2.68. The molecule has 0 heterocycles. The van der Waals surface area contributed by atoms with Crippen LogP contribution in [0.25, 0.3) is 0 Å². The Labute approximate surface area is 92.6 Å². The number of nitrogens with one attached hydrogen (secondary N) is 1. The second-order valence-electron chi connectivity index (χ2n) is 3.55. The van der Waals surface area contributed by atoms with E-state index in [0.717, 1.165) is 0 Å². The SMILES string of the molecule is CC(CCC(=O)O)NC(=O)C[C@H](N)C(=O)O. The fourth-order valence-electron chi connectivity index (χ4n) is 1.03. The monoisotopic (exact) mass is 232 g/mol. The Hall–Kier alpha value is -1.63. The number of carbonyl (C=O) groups excluding carboxylic acids is 1. The standard InChI is InChI=1S/C9H16N2O5/c1-5(2-3-8(13)14)11-7(12)4-6(10)9(15)16/h5-6H,2-4,10H2,1H3,(H,11,12)(H,13,14)(H,15,16)/t5?,6-/m0/s1. The molecule has 0 aromatic rings. The highest BCUT2D eigenvalue weighted by Crippen LogP contribution is 1.97.